The Bertz CT molecular complexity index is 1140. The van der Waals surface area contributed by atoms with Gasteiger partial charge in [-0.3, -0.25) is 9.80 Å². The fourth-order valence-electron chi connectivity index (χ4n) is 5.09. The topological polar surface area (TPSA) is 79.1 Å². The van der Waals surface area contributed by atoms with Crippen LogP contribution in [0.4, 0.5) is 25.1 Å². The second-order valence-corrected chi connectivity index (χ2v) is 8.83. The number of rotatable bonds is 4. The fraction of sp³-hybridized carbons (Fsp3) is 0.458. The number of benzene rings is 1. The Morgan fingerprint density at radius 3 is 2.35 bits per heavy atom. The van der Waals surface area contributed by atoms with Crippen molar-refractivity contribution in [2.45, 2.75) is 31.7 Å². The van der Waals surface area contributed by atoms with Gasteiger partial charge < -0.3 is 24.5 Å². The van der Waals surface area contributed by atoms with Crippen molar-refractivity contribution in [1.29, 1.82) is 0 Å². The van der Waals surface area contributed by atoms with Gasteiger partial charge in [0.25, 0.3) is 0 Å². The lowest BCUT2D eigenvalue weighted by Gasteiger charge is -2.41. The highest BCUT2D eigenvalue weighted by molar-refractivity contribution is 6.03. The van der Waals surface area contributed by atoms with Gasteiger partial charge in [0.2, 0.25) is 0 Å². The second-order valence-electron chi connectivity index (χ2n) is 8.83. The molecule has 2 amide bonds. The number of anilines is 2. The van der Waals surface area contributed by atoms with Crippen LogP contribution in [-0.2, 0) is 4.74 Å². The summed E-state index contributed by atoms with van der Waals surface area (Å²) >= 11 is 0. The molecule has 0 spiro atoms. The highest BCUT2D eigenvalue weighted by Gasteiger charge is 2.41. The number of amides is 2. The Morgan fingerprint density at radius 2 is 1.74 bits per heavy atom. The maximum absolute atomic E-state index is 15.2. The number of carbonyl (C=O) groups excluding carboxylic acids is 1. The van der Waals surface area contributed by atoms with Crippen LogP contribution in [0.15, 0.2) is 17.7 Å². The summed E-state index contributed by atoms with van der Waals surface area (Å²) in [6, 6.07) is 2.50. The van der Waals surface area contributed by atoms with Crippen molar-refractivity contribution in [3.05, 3.63) is 40.6 Å². The summed E-state index contributed by atoms with van der Waals surface area (Å²) in [4.78, 5) is 19.5. The maximum atomic E-state index is 15.2. The van der Waals surface area contributed by atoms with E-state index in [1.165, 1.54) is 19.1 Å². The molecule has 3 aliphatic rings. The first kappa shape index (κ1) is 22.5. The van der Waals surface area contributed by atoms with Crippen LogP contribution in [0.25, 0.3) is 5.70 Å². The fourth-order valence-corrected chi connectivity index (χ4v) is 5.09. The molecule has 3 aliphatic heterocycles. The van der Waals surface area contributed by atoms with Crippen molar-refractivity contribution < 1.29 is 27.8 Å². The molecule has 0 bridgehead atoms. The van der Waals surface area contributed by atoms with E-state index in [1.807, 2.05) is 6.92 Å². The first-order chi connectivity index (χ1) is 16.3. The monoisotopic (exact) mass is 474 g/mol. The normalized spacial score (nSPS) is 20.8. The van der Waals surface area contributed by atoms with Crippen LogP contribution in [0, 0.1) is 11.6 Å². The van der Waals surface area contributed by atoms with Crippen molar-refractivity contribution in [1.82, 2.24) is 9.88 Å². The number of aromatic amines is 1. The molecule has 2 N–H and O–H groups in total. The summed E-state index contributed by atoms with van der Waals surface area (Å²) in [7, 11) is 4.18. The second kappa shape index (κ2) is 8.50. The first-order valence-corrected chi connectivity index (χ1v) is 11.3. The van der Waals surface area contributed by atoms with Crippen LogP contribution >= 0.6 is 0 Å². The van der Waals surface area contributed by atoms with Crippen molar-refractivity contribution in [3.8, 4) is 11.5 Å². The third-order valence-corrected chi connectivity index (χ3v) is 6.94. The zero-order valence-corrected chi connectivity index (χ0v) is 19.6. The minimum atomic E-state index is -0.952. The summed E-state index contributed by atoms with van der Waals surface area (Å²) in [5.74, 6) is -1.10. The minimum absolute atomic E-state index is 0.0219. The zero-order chi connectivity index (χ0) is 24.1. The van der Waals surface area contributed by atoms with Crippen LogP contribution in [0.5, 0.6) is 11.5 Å². The average molecular weight is 475 g/mol. The van der Waals surface area contributed by atoms with Crippen LogP contribution in [0.1, 0.15) is 36.9 Å². The molecular weight excluding hydrogens is 446 g/mol. The molecule has 4 heterocycles. The molecule has 1 fully saturated rings. The van der Waals surface area contributed by atoms with E-state index in [0.29, 0.717) is 5.92 Å². The van der Waals surface area contributed by atoms with Gasteiger partial charge in [-0.2, -0.15) is 0 Å². The third-order valence-electron chi connectivity index (χ3n) is 6.94. The van der Waals surface area contributed by atoms with E-state index in [0.717, 1.165) is 65.4 Å². The van der Waals surface area contributed by atoms with E-state index in [2.05, 4.69) is 16.4 Å². The molecule has 0 saturated carbocycles. The van der Waals surface area contributed by atoms with E-state index in [-0.39, 0.29) is 24.1 Å². The standard InChI is InChI=1S/C24H28F2N4O4/c1-12-15-11-30(22-19(25)17(32-3)10-18(33-4)20(22)26)24(31)29(2)21(15)14-9-16(28-23(14)27-12)13-5-7-34-8-6-13/h9-10,12-13,27-28H,5-8,11H2,1-4H3. The Morgan fingerprint density at radius 1 is 1.09 bits per heavy atom. The van der Waals surface area contributed by atoms with Crippen molar-refractivity contribution >= 4 is 23.2 Å². The number of methoxy groups -OCH3 is 2. The van der Waals surface area contributed by atoms with Crippen LogP contribution < -0.4 is 19.7 Å². The van der Waals surface area contributed by atoms with E-state index in [1.54, 1.807) is 7.05 Å². The van der Waals surface area contributed by atoms with E-state index >= 15 is 8.78 Å². The van der Waals surface area contributed by atoms with E-state index in [9.17, 15) is 4.79 Å². The molecule has 1 unspecified atom stereocenters. The smallest absolute Gasteiger partial charge is 0.329 e. The van der Waals surface area contributed by atoms with Gasteiger partial charge in [0.05, 0.1) is 26.5 Å². The maximum Gasteiger partial charge on any atom is 0.329 e. The molecule has 34 heavy (non-hydrogen) atoms. The zero-order valence-electron chi connectivity index (χ0n) is 19.6. The van der Waals surface area contributed by atoms with E-state index in [4.69, 9.17) is 14.2 Å². The first-order valence-electron chi connectivity index (χ1n) is 11.3. The number of aromatic nitrogens is 1. The minimum Gasteiger partial charge on any atom is -0.493 e. The molecule has 1 saturated heterocycles. The number of ether oxygens (including phenoxy) is 3. The summed E-state index contributed by atoms with van der Waals surface area (Å²) < 4.78 is 46.1. The lowest BCUT2D eigenvalue weighted by molar-refractivity contribution is 0.0846. The highest BCUT2D eigenvalue weighted by atomic mass is 19.1. The molecule has 5 rings (SSSR count). The SMILES string of the molecule is COc1cc(OC)c(F)c(N2CC3=C(c4cc(C5CCOCC5)[nH]c4NC3C)N(C)C2=O)c1F. The quantitative estimate of drug-likeness (QED) is 0.691. The van der Waals surface area contributed by atoms with Gasteiger partial charge >= 0.3 is 6.03 Å². The van der Waals surface area contributed by atoms with Gasteiger partial charge in [0.1, 0.15) is 11.5 Å². The molecule has 1 aromatic heterocycles. The van der Waals surface area contributed by atoms with Crippen LogP contribution in [0.3, 0.4) is 0 Å². The van der Waals surface area contributed by atoms with Gasteiger partial charge in [-0.1, -0.05) is 0 Å². The lowest BCUT2D eigenvalue weighted by Crippen LogP contribution is -2.50. The predicted molar refractivity (Wildman–Crippen MR) is 124 cm³/mol. The predicted octanol–water partition coefficient (Wildman–Crippen LogP) is 4.30. The van der Waals surface area contributed by atoms with Gasteiger partial charge in [-0.15, -0.1) is 0 Å². The summed E-state index contributed by atoms with van der Waals surface area (Å²) in [5, 5.41) is 3.45. The Labute approximate surface area is 196 Å². The van der Waals surface area contributed by atoms with Gasteiger partial charge in [0.15, 0.2) is 23.1 Å². The molecule has 0 radical (unpaired) electrons. The van der Waals surface area contributed by atoms with Gasteiger partial charge in [0, 0.05) is 49.5 Å². The van der Waals surface area contributed by atoms with Gasteiger partial charge in [-0.25, -0.2) is 13.6 Å². The van der Waals surface area contributed by atoms with E-state index < -0.39 is 23.4 Å². The summed E-state index contributed by atoms with van der Waals surface area (Å²) in [6.07, 6.45) is 1.86. The molecule has 182 valence electrons. The molecule has 1 aromatic carbocycles. The number of H-pyrrole nitrogens is 1. The number of nitrogens with zero attached hydrogens (tertiary/aromatic N) is 2. The Balaban J connectivity index is 1.58. The number of halogens is 2. The number of hydrogen-bond acceptors (Lipinski definition) is 5. The Kier molecular flexibility index (Phi) is 5.63. The lowest BCUT2D eigenvalue weighted by atomic mass is 9.93. The number of nitrogens with one attached hydrogen (secondary N) is 2. The van der Waals surface area contributed by atoms with Crippen molar-refractivity contribution in [2.75, 3.05) is 51.2 Å². The number of carbonyl (C=O) groups is 1. The van der Waals surface area contributed by atoms with Crippen LogP contribution in [-0.4, -0.2) is 63.0 Å². The van der Waals surface area contributed by atoms with Gasteiger partial charge in [-0.05, 0) is 31.4 Å². The average Bonchev–Trinajstić information content (AvgIpc) is 3.26. The molecule has 0 aliphatic carbocycles. The van der Waals surface area contributed by atoms with Crippen molar-refractivity contribution in [3.63, 3.8) is 0 Å². The molecular formula is C24H28F2N4O4. The number of fused-ring (bicyclic) bond motifs is 2. The molecule has 2 aromatic rings. The molecule has 10 heteroatoms. The Hall–Kier alpha value is -3.27. The number of urea groups is 1. The molecule has 8 nitrogen and oxygen atoms in total. The van der Waals surface area contributed by atoms with Crippen LogP contribution in [0.2, 0.25) is 0 Å². The van der Waals surface area contributed by atoms with Crippen molar-refractivity contribution in [2.24, 2.45) is 0 Å². The summed E-state index contributed by atoms with van der Waals surface area (Å²) in [6.45, 7) is 3.43. The highest BCUT2D eigenvalue weighted by Crippen LogP contribution is 2.44. The third kappa shape index (κ3) is 3.39. The number of hydrogen-bond donors (Lipinski definition) is 2. The largest absolute Gasteiger partial charge is 0.493 e. The summed E-state index contributed by atoms with van der Waals surface area (Å²) in [5.41, 5.74) is 3.10. The molecule has 1 atom stereocenters.